The van der Waals surface area contributed by atoms with Crippen molar-refractivity contribution in [1.29, 1.82) is 0 Å². The van der Waals surface area contributed by atoms with Crippen LogP contribution in [-0.4, -0.2) is 4.98 Å². The Hall–Kier alpha value is -1.71. The standard InChI is InChI=1S/C16H16N2S/c1-11-7-6-10-13-14(11)18-15(19-13)16(2,17)12-8-4-3-5-9-12/h3-10H,17H2,1-2H3. The molecule has 0 amide bonds. The van der Waals surface area contributed by atoms with Gasteiger partial charge in [-0.25, -0.2) is 4.98 Å². The van der Waals surface area contributed by atoms with Crippen molar-refractivity contribution in [3.8, 4) is 0 Å². The number of fused-ring (bicyclic) bond motifs is 1. The van der Waals surface area contributed by atoms with Crippen LogP contribution in [0.1, 0.15) is 23.1 Å². The van der Waals surface area contributed by atoms with Gasteiger partial charge in [0.1, 0.15) is 5.01 Å². The van der Waals surface area contributed by atoms with E-state index in [1.807, 2.05) is 25.1 Å². The van der Waals surface area contributed by atoms with Crippen LogP contribution in [0.3, 0.4) is 0 Å². The monoisotopic (exact) mass is 268 g/mol. The van der Waals surface area contributed by atoms with E-state index in [-0.39, 0.29) is 0 Å². The maximum Gasteiger partial charge on any atom is 0.118 e. The first-order valence-electron chi connectivity index (χ1n) is 6.30. The zero-order chi connectivity index (χ0) is 13.5. The lowest BCUT2D eigenvalue weighted by Gasteiger charge is -2.22. The zero-order valence-electron chi connectivity index (χ0n) is 11.1. The molecule has 2 nitrogen and oxygen atoms in total. The van der Waals surface area contributed by atoms with Crippen LogP contribution in [-0.2, 0) is 5.54 Å². The van der Waals surface area contributed by atoms with E-state index >= 15 is 0 Å². The first-order chi connectivity index (χ1) is 9.09. The molecule has 2 N–H and O–H groups in total. The molecule has 0 aliphatic heterocycles. The molecule has 1 heterocycles. The topological polar surface area (TPSA) is 38.9 Å². The SMILES string of the molecule is Cc1cccc2sc(C(C)(N)c3ccccc3)nc12. The molecule has 3 aromatic rings. The second-order valence-corrected chi connectivity index (χ2v) is 6.04. The second kappa shape index (κ2) is 4.44. The largest absolute Gasteiger partial charge is 0.316 e. The lowest BCUT2D eigenvalue weighted by Crippen LogP contribution is -2.34. The van der Waals surface area contributed by atoms with Crippen LogP contribution < -0.4 is 5.73 Å². The summed E-state index contributed by atoms with van der Waals surface area (Å²) >= 11 is 1.68. The van der Waals surface area contributed by atoms with Crippen molar-refractivity contribution in [2.45, 2.75) is 19.4 Å². The molecule has 0 aliphatic carbocycles. The molecule has 0 fully saturated rings. The third kappa shape index (κ3) is 2.05. The van der Waals surface area contributed by atoms with Crippen molar-refractivity contribution in [3.05, 3.63) is 64.7 Å². The number of thiazole rings is 1. The molecule has 0 bridgehead atoms. The highest BCUT2D eigenvalue weighted by Crippen LogP contribution is 2.33. The minimum atomic E-state index is -0.544. The molecule has 1 unspecified atom stereocenters. The highest BCUT2D eigenvalue weighted by molar-refractivity contribution is 7.18. The average molecular weight is 268 g/mol. The number of rotatable bonds is 2. The van der Waals surface area contributed by atoms with Crippen molar-refractivity contribution in [2.24, 2.45) is 5.73 Å². The fraction of sp³-hybridized carbons (Fsp3) is 0.188. The summed E-state index contributed by atoms with van der Waals surface area (Å²) in [5.74, 6) is 0. The predicted octanol–water partition coefficient (Wildman–Crippen LogP) is 3.83. The summed E-state index contributed by atoms with van der Waals surface area (Å²) in [6.07, 6.45) is 0. The van der Waals surface area contributed by atoms with E-state index in [1.165, 1.54) is 10.3 Å². The van der Waals surface area contributed by atoms with Gasteiger partial charge in [-0.15, -0.1) is 11.3 Å². The van der Waals surface area contributed by atoms with Gasteiger partial charge in [-0.3, -0.25) is 0 Å². The Morgan fingerprint density at radius 3 is 2.47 bits per heavy atom. The molecule has 2 aromatic carbocycles. The summed E-state index contributed by atoms with van der Waals surface area (Å²) in [5.41, 5.74) is 9.33. The number of hydrogen-bond acceptors (Lipinski definition) is 3. The van der Waals surface area contributed by atoms with Crippen molar-refractivity contribution in [1.82, 2.24) is 4.98 Å². The Morgan fingerprint density at radius 1 is 1.05 bits per heavy atom. The van der Waals surface area contributed by atoms with Crippen molar-refractivity contribution < 1.29 is 0 Å². The van der Waals surface area contributed by atoms with Gasteiger partial charge in [0.2, 0.25) is 0 Å². The molecule has 0 saturated carbocycles. The first-order valence-corrected chi connectivity index (χ1v) is 7.12. The Kier molecular flexibility index (Phi) is 2.88. The van der Waals surface area contributed by atoms with E-state index in [0.717, 1.165) is 16.1 Å². The average Bonchev–Trinajstić information content (AvgIpc) is 2.86. The van der Waals surface area contributed by atoms with Gasteiger partial charge in [-0.2, -0.15) is 0 Å². The fourth-order valence-corrected chi connectivity index (χ4v) is 3.34. The van der Waals surface area contributed by atoms with E-state index < -0.39 is 5.54 Å². The molecule has 1 aromatic heterocycles. The minimum absolute atomic E-state index is 0.544. The van der Waals surface area contributed by atoms with Gasteiger partial charge < -0.3 is 5.73 Å². The van der Waals surface area contributed by atoms with Gasteiger partial charge in [0, 0.05) is 0 Å². The number of aryl methyl sites for hydroxylation is 1. The Balaban J connectivity index is 2.16. The highest BCUT2D eigenvalue weighted by Gasteiger charge is 2.27. The molecular formula is C16H16N2S. The summed E-state index contributed by atoms with van der Waals surface area (Å²) in [4.78, 5) is 4.75. The molecule has 3 rings (SSSR count). The van der Waals surface area contributed by atoms with Gasteiger partial charge >= 0.3 is 0 Å². The molecular weight excluding hydrogens is 252 g/mol. The van der Waals surface area contributed by atoms with Gasteiger partial charge in [-0.05, 0) is 31.0 Å². The lowest BCUT2D eigenvalue weighted by molar-refractivity contribution is 0.599. The summed E-state index contributed by atoms with van der Waals surface area (Å²) in [6, 6.07) is 16.4. The summed E-state index contributed by atoms with van der Waals surface area (Å²) in [6.45, 7) is 4.11. The van der Waals surface area contributed by atoms with E-state index in [4.69, 9.17) is 10.7 Å². The van der Waals surface area contributed by atoms with Crippen LogP contribution in [0, 0.1) is 6.92 Å². The van der Waals surface area contributed by atoms with Gasteiger partial charge in [-0.1, -0.05) is 42.5 Å². The molecule has 19 heavy (non-hydrogen) atoms. The zero-order valence-corrected chi connectivity index (χ0v) is 11.9. The number of nitrogens with two attached hydrogens (primary N) is 1. The summed E-state index contributed by atoms with van der Waals surface area (Å²) in [7, 11) is 0. The Bertz CT molecular complexity index is 714. The van der Waals surface area contributed by atoms with E-state index in [9.17, 15) is 0 Å². The van der Waals surface area contributed by atoms with Crippen LogP contribution in [0.5, 0.6) is 0 Å². The second-order valence-electron chi connectivity index (χ2n) is 5.01. The van der Waals surface area contributed by atoms with Crippen molar-refractivity contribution in [3.63, 3.8) is 0 Å². The maximum atomic E-state index is 6.52. The molecule has 3 heteroatoms. The minimum Gasteiger partial charge on any atom is -0.316 e. The number of para-hydroxylation sites is 1. The number of benzene rings is 2. The molecule has 96 valence electrons. The van der Waals surface area contributed by atoms with Gasteiger partial charge in [0.25, 0.3) is 0 Å². The molecule has 0 spiro atoms. The van der Waals surface area contributed by atoms with E-state index in [1.54, 1.807) is 11.3 Å². The molecule has 0 aliphatic rings. The predicted molar refractivity (Wildman–Crippen MR) is 81.4 cm³/mol. The Morgan fingerprint density at radius 2 is 1.79 bits per heavy atom. The van der Waals surface area contributed by atoms with Crippen LogP contribution in [0.4, 0.5) is 0 Å². The Labute approximate surface area is 116 Å². The summed E-state index contributed by atoms with van der Waals surface area (Å²) in [5, 5.41) is 0.961. The van der Waals surface area contributed by atoms with Crippen LogP contribution in [0.2, 0.25) is 0 Å². The van der Waals surface area contributed by atoms with Crippen LogP contribution in [0.15, 0.2) is 48.5 Å². The quantitative estimate of drug-likeness (QED) is 0.767. The number of nitrogens with zero attached hydrogens (tertiary/aromatic N) is 1. The summed E-state index contributed by atoms with van der Waals surface area (Å²) < 4.78 is 1.20. The van der Waals surface area contributed by atoms with Crippen molar-refractivity contribution >= 4 is 21.6 Å². The molecule has 0 radical (unpaired) electrons. The number of hydrogen-bond donors (Lipinski definition) is 1. The van der Waals surface area contributed by atoms with Crippen LogP contribution in [0.25, 0.3) is 10.2 Å². The van der Waals surface area contributed by atoms with E-state index in [2.05, 4.69) is 37.3 Å². The molecule has 1 atom stereocenters. The maximum absolute atomic E-state index is 6.52. The first kappa shape index (κ1) is 12.3. The smallest absolute Gasteiger partial charge is 0.118 e. The fourth-order valence-electron chi connectivity index (χ4n) is 2.22. The van der Waals surface area contributed by atoms with E-state index in [0.29, 0.717) is 0 Å². The number of aromatic nitrogens is 1. The molecule has 0 saturated heterocycles. The van der Waals surface area contributed by atoms with Crippen molar-refractivity contribution in [2.75, 3.05) is 0 Å². The normalized spacial score (nSPS) is 14.5. The third-order valence-corrected chi connectivity index (χ3v) is 4.70. The lowest BCUT2D eigenvalue weighted by atomic mass is 9.94. The third-order valence-electron chi connectivity index (χ3n) is 3.44. The highest BCUT2D eigenvalue weighted by atomic mass is 32.1. The van der Waals surface area contributed by atoms with Crippen LogP contribution >= 0.6 is 11.3 Å². The van der Waals surface area contributed by atoms with Gasteiger partial charge in [0.05, 0.1) is 15.8 Å². The van der Waals surface area contributed by atoms with Gasteiger partial charge in [0.15, 0.2) is 0 Å².